The first kappa shape index (κ1) is 15.6. The van der Waals surface area contributed by atoms with E-state index in [1.54, 1.807) is 4.90 Å². The molecule has 1 heterocycles. The molecule has 0 bridgehead atoms. The molecule has 3 N–H and O–H groups in total. The highest BCUT2D eigenvalue weighted by molar-refractivity contribution is 5.89. The zero-order chi connectivity index (χ0) is 16.2. The number of hydrogen-bond donors (Lipinski definition) is 3. The maximum absolute atomic E-state index is 12.8. The Balaban J connectivity index is 1.40. The van der Waals surface area contributed by atoms with Crippen molar-refractivity contribution in [3.05, 3.63) is 30.1 Å². The van der Waals surface area contributed by atoms with Crippen LogP contribution in [0.15, 0.2) is 24.3 Å². The molecule has 1 saturated heterocycles. The molecule has 124 valence electrons. The van der Waals surface area contributed by atoms with Crippen molar-refractivity contribution in [2.45, 2.75) is 37.8 Å². The third-order valence-electron chi connectivity index (χ3n) is 4.12. The monoisotopic (exact) mass is 320 g/mol. The molecule has 7 heteroatoms. The van der Waals surface area contributed by atoms with E-state index in [0.717, 1.165) is 25.7 Å². The second-order valence-corrected chi connectivity index (χ2v) is 6.09. The van der Waals surface area contributed by atoms with Gasteiger partial charge in [0.2, 0.25) is 0 Å². The Morgan fingerprint density at radius 2 is 1.57 bits per heavy atom. The van der Waals surface area contributed by atoms with E-state index in [9.17, 15) is 14.0 Å². The summed E-state index contributed by atoms with van der Waals surface area (Å²) in [7, 11) is 0. The van der Waals surface area contributed by atoms with E-state index in [0.29, 0.717) is 24.8 Å². The number of halogens is 1. The molecule has 1 aromatic rings. The Kier molecular flexibility index (Phi) is 4.64. The van der Waals surface area contributed by atoms with Gasteiger partial charge in [0.15, 0.2) is 0 Å². The largest absolute Gasteiger partial charge is 0.335 e. The molecule has 0 aromatic heterocycles. The maximum Gasteiger partial charge on any atom is 0.319 e. The molecule has 3 rings (SSSR count). The van der Waals surface area contributed by atoms with Crippen molar-refractivity contribution < 1.29 is 14.0 Å². The molecular formula is C16H21FN4O2. The topological polar surface area (TPSA) is 73.5 Å². The minimum absolute atomic E-state index is 0.00159. The Bertz CT molecular complexity index is 566. The van der Waals surface area contributed by atoms with E-state index in [1.807, 2.05) is 0 Å². The first-order valence-corrected chi connectivity index (χ1v) is 7.99. The number of hydrogen-bond acceptors (Lipinski definition) is 2. The lowest BCUT2D eigenvalue weighted by molar-refractivity contribution is 0.176. The standard InChI is InChI=1S/C16H21FN4O2/c17-11-1-3-12(4-2-11)18-15(22)19-14-7-9-21(10-8-14)16(23)20-13-5-6-13/h1-4,13-14H,5-10H2,(H,20,23)(H2,18,19,22). The molecule has 1 aliphatic heterocycles. The number of carbonyl (C=O) groups is 2. The number of benzene rings is 1. The molecule has 0 spiro atoms. The van der Waals surface area contributed by atoms with Crippen molar-refractivity contribution in [3.8, 4) is 0 Å². The molecule has 4 amide bonds. The lowest BCUT2D eigenvalue weighted by Crippen LogP contribution is -2.50. The fourth-order valence-electron chi connectivity index (χ4n) is 2.61. The molecule has 0 atom stereocenters. The van der Waals surface area contributed by atoms with E-state index in [-0.39, 0.29) is 23.9 Å². The van der Waals surface area contributed by atoms with E-state index >= 15 is 0 Å². The first-order valence-electron chi connectivity index (χ1n) is 7.99. The highest BCUT2D eigenvalue weighted by Gasteiger charge is 2.28. The fourth-order valence-corrected chi connectivity index (χ4v) is 2.61. The van der Waals surface area contributed by atoms with E-state index < -0.39 is 0 Å². The molecule has 2 aliphatic rings. The summed E-state index contributed by atoms with van der Waals surface area (Å²) in [5.74, 6) is -0.340. The van der Waals surface area contributed by atoms with Crippen LogP contribution < -0.4 is 16.0 Å². The van der Waals surface area contributed by atoms with Gasteiger partial charge in [-0.05, 0) is 49.9 Å². The quantitative estimate of drug-likeness (QED) is 0.799. The molecular weight excluding hydrogens is 299 g/mol. The van der Waals surface area contributed by atoms with Gasteiger partial charge in [0.05, 0.1) is 0 Å². The van der Waals surface area contributed by atoms with Gasteiger partial charge in [-0.15, -0.1) is 0 Å². The van der Waals surface area contributed by atoms with Gasteiger partial charge in [-0.1, -0.05) is 0 Å². The number of nitrogens with zero attached hydrogens (tertiary/aromatic N) is 1. The SMILES string of the molecule is O=C(Nc1ccc(F)cc1)NC1CCN(C(=O)NC2CC2)CC1. The highest BCUT2D eigenvalue weighted by Crippen LogP contribution is 2.20. The van der Waals surface area contributed by atoms with E-state index in [4.69, 9.17) is 0 Å². The van der Waals surface area contributed by atoms with Crippen molar-refractivity contribution in [1.29, 1.82) is 0 Å². The van der Waals surface area contributed by atoms with Crippen LogP contribution in [0.2, 0.25) is 0 Å². The van der Waals surface area contributed by atoms with Crippen LogP contribution in [0.1, 0.15) is 25.7 Å². The van der Waals surface area contributed by atoms with Crippen molar-refractivity contribution >= 4 is 17.7 Å². The molecule has 0 unspecified atom stereocenters. The average molecular weight is 320 g/mol. The second kappa shape index (κ2) is 6.85. The summed E-state index contributed by atoms with van der Waals surface area (Å²) >= 11 is 0. The third kappa shape index (κ3) is 4.58. The van der Waals surface area contributed by atoms with Crippen LogP contribution in [0.5, 0.6) is 0 Å². The number of likely N-dealkylation sites (tertiary alicyclic amines) is 1. The van der Waals surface area contributed by atoms with Crippen molar-refractivity contribution in [3.63, 3.8) is 0 Å². The number of urea groups is 2. The zero-order valence-electron chi connectivity index (χ0n) is 12.8. The van der Waals surface area contributed by atoms with Crippen LogP contribution in [0.4, 0.5) is 19.7 Å². The van der Waals surface area contributed by atoms with Gasteiger partial charge < -0.3 is 20.9 Å². The average Bonchev–Trinajstić information content (AvgIpc) is 3.34. The summed E-state index contributed by atoms with van der Waals surface area (Å²) in [5.41, 5.74) is 0.546. The number of amides is 4. The van der Waals surface area contributed by atoms with Gasteiger partial charge in [0.1, 0.15) is 5.82 Å². The van der Waals surface area contributed by atoms with Gasteiger partial charge in [-0.25, -0.2) is 14.0 Å². The van der Waals surface area contributed by atoms with Crippen LogP contribution >= 0.6 is 0 Å². The van der Waals surface area contributed by atoms with Gasteiger partial charge in [-0.3, -0.25) is 0 Å². The molecule has 1 aromatic carbocycles. The van der Waals surface area contributed by atoms with Crippen molar-refractivity contribution in [2.75, 3.05) is 18.4 Å². The molecule has 1 aliphatic carbocycles. The number of nitrogens with one attached hydrogen (secondary N) is 3. The summed E-state index contributed by atoms with van der Waals surface area (Å²) < 4.78 is 12.8. The Morgan fingerprint density at radius 3 is 2.17 bits per heavy atom. The normalized spacial score (nSPS) is 18.4. The Hall–Kier alpha value is -2.31. The van der Waals surface area contributed by atoms with E-state index in [2.05, 4.69) is 16.0 Å². The third-order valence-corrected chi connectivity index (χ3v) is 4.12. The van der Waals surface area contributed by atoms with Gasteiger partial charge in [-0.2, -0.15) is 0 Å². The van der Waals surface area contributed by atoms with E-state index in [1.165, 1.54) is 24.3 Å². The molecule has 2 fully saturated rings. The summed E-state index contributed by atoms with van der Waals surface area (Å²) in [4.78, 5) is 25.7. The predicted octanol–water partition coefficient (Wildman–Crippen LogP) is 2.28. The summed E-state index contributed by atoms with van der Waals surface area (Å²) in [6.45, 7) is 1.28. The molecule has 1 saturated carbocycles. The number of rotatable bonds is 3. The zero-order valence-corrected chi connectivity index (χ0v) is 12.8. The number of anilines is 1. The van der Waals surface area contributed by atoms with Crippen LogP contribution in [0.25, 0.3) is 0 Å². The fraction of sp³-hybridized carbons (Fsp3) is 0.500. The van der Waals surface area contributed by atoms with Crippen molar-refractivity contribution in [2.24, 2.45) is 0 Å². The van der Waals surface area contributed by atoms with Gasteiger partial charge in [0, 0.05) is 30.9 Å². The maximum atomic E-state index is 12.8. The lowest BCUT2D eigenvalue weighted by atomic mass is 10.1. The summed E-state index contributed by atoms with van der Waals surface area (Å²) in [6.07, 6.45) is 3.62. The smallest absolute Gasteiger partial charge is 0.319 e. The van der Waals surface area contributed by atoms with Crippen LogP contribution in [0.3, 0.4) is 0 Å². The minimum Gasteiger partial charge on any atom is -0.335 e. The lowest BCUT2D eigenvalue weighted by Gasteiger charge is -2.32. The minimum atomic E-state index is -0.340. The van der Waals surface area contributed by atoms with Crippen LogP contribution in [0, 0.1) is 5.82 Å². The predicted molar refractivity (Wildman–Crippen MR) is 84.7 cm³/mol. The second-order valence-electron chi connectivity index (χ2n) is 6.09. The number of piperidine rings is 1. The summed E-state index contributed by atoms with van der Waals surface area (Å²) in [5, 5.41) is 8.54. The Morgan fingerprint density at radius 1 is 0.957 bits per heavy atom. The van der Waals surface area contributed by atoms with Gasteiger partial charge in [0.25, 0.3) is 0 Å². The molecule has 0 radical (unpaired) electrons. The van der Waals surface area contributed by atoms with Gasteiger partial charge >= 0.3 is 12.1 Å². The van der Waals surface area contributed by atoms with Crippen LogP contribution in [-0.4, -0.2) is 42.1 Å². The first-order chi connectivity index (χ1) is 11.1. The molecule has 23 heavy (non-hydrogen) atoms. The number of carbonyl (C=O) groups excluding carboxylic acids is 2. The summed E-state index contributed by atoms with van der Waals surface area (Å²) in [6, 6.07) is 5.72. The molecule has 6 nitrogen and oxygen atoms in total. The van der Waals surface area contributed by atoms with Crippen LogP contribution in [-0.2, 0) is 0 Å². The van der Waals surface area contributed by atoms with Crippen molar-refractivity contribution in [1.82, 2.24) is 15.5 Å². The Labute approximate surface area is 134 Å². The highest BCUT2D eigenvalue weighted by atomic mass is 19.1.